The molecule has 0 fully saturated rings. The molecule has 6 heteroatoms. The number of hydrogen-bond donors (Lipinski definition) is 2. The highest BCUT2D eigenvalue weighted by Crippen LogP contribution is 2.35. The lowest BCUT2D eigenvalue weighted by atomic mass is 10.1. The summed E-state index contributed by atoms with van der Waals surface area (Å²) in [7, 11) is 0. The fourth-order valence-electron chi connectivity index (χ4n) is 3.70. The average Bonchev–Trinajstić information content (AvgIpc) is 3.12. The summed E-state index contributed by atoms with van der Waals surface area (Å²) in [5, 5.41) is 4.00. The second kappa shape index (κ2) is 8.39. The van der Waals surface area contributed by atoms with Gasteiger partial charge in [-0.25, -0.2) is 0 Å². The Balaban J connectivity index is 1.49. The molecule has 0 saturated heterocycles. The van der Waals surface area contributed by atoms with Crippen molar-refractivity contribution < 1.29 is 14.3 Å². The largest absolute Gasteiger partial charge is 0.482 e. The number of rotatable bonds is 7. The van der Waals surface area contributed by atoms with Crippen LogP contribution in [0, 0.1) is 0 Å². The molecule has 2 aromatic carbocycles. The molecule has 150 valence electrons. The van der Waals surface area contributed by atoms with Crippen molar-refractivity contribution in [3.63, 3.8) is 0 Å². The number of unbranched alkanes of at least 4 members (excludes halogenated alkanes) is 2. The highest BCUT2D eigenvalue weighted by Gasteiger charge is 2.25. The molecule has 0 radical (unpaired) electrons. The lowest BCUT2D eigenvalue weighted by Crippen LogP contribution is -2.39. The van der Waals surface area contributed by atoms with E-state index in [9.17, 15) is 9.59 Å². The van der Waals surface area contributed by atoms with E-state index in [0.717, 1.165) is 41.4 Å². The van der Waals surface area contributed by atoms with Crippen LogP contribution in [0.25, 0.3) is 10.9 Å². The zero-order chi connectivity index (χ0) is 20.2. The number of aromatic amines is 1. The van der Waals surface area contributed by atoms with E-state index in [1.165, 1.54) is 0 Å². The van der Waals surface area contributed by atoms with Crippen LogP contribution in [0.15, 0.2) is 48.7 Å². The predicted octanol–water partition coefficient (Wildman–Crippen LogP) is 4.26. The van der Waals surface area contributed by atoms with Crippen molar-refractivity contribution in [1.29, 1.82) is 0 Å². The zero-order valence-corrected chi connectivity index (χ0v) is 16.5. The van der Waals surface area contributed by atoms with Gasteiger partial charge >= 0.3 is 0 Å². The van der Waals surface area contributed by atoms with Gasteiger partial charge in [0.2, 0.25) is 5.91 Å². The third-order valence-corrected chi connectivity index (χ3v) is 5.20. The maximum atomic E-state index is 12.6. The number of carbonyl (C=O) groups excluding carboxylic acids is 2. The molecule has 0 unspecified atom stereocenters. The highest BCUT2D eigenvalue weighted by atomic mass is 16.5. The van der Waals surface area contributed by atoms with Gasteiger partial charge in [0.15, 0.2) is 6.61 Å². The number of fused-ring (bicyclic) bond motifs is 2. The molecule has 2 N–H and O–H groups in total. The van der Waals surface area contributed by atoms with E-state index in [1.807, 2.05) is 48.7 Å². The van der Waals surface area contributed by atoms with Gasteiger partial charge in [-0.2, -0.15) is 0 Å². The van der Waals surface area contributed by atoms with Gasteiger partial charge in [0, 0.05) is 29.3 Å². The van der Waals surface area contributed by atoms with E-state index >= 15 is 0 Å². The van der Waals surface area contributed by atoms with Gasteiger partial charge in [0.05, 0.1) is 12.1 Å². The van der Waals surface area contributed by atoms with Gasteiger partial charge in [0.1, 0.15) is 5.75 Å². The smallest absolute Gasteiger partial charge is 0.265 e. The van der Waals surface area contributed by atoms with Crippen LogP contribution >= 0.6 is 0 Å². The second-order valence-electron chi connectivity index (χ2n) is 7.31. The molecule has 0 spiro atoms. The number of anilines is 2. The summed E-state index contributed by atoms with van der Waals surface area (Å²) in [6, 6.07) is 13.4. The summed E-state index contributed by atoms with van der Waals surface area (Å²) in [5.74, 6) is 0.530. The number of aromatic nitrogens is 1. The fourth-order valence-corrected chi connectivity index (χ4v) is 3.70. The average molecular weight is 391 g/mol. The van der Waals surface area contributed by atoms with Crippen molar-refractivity contribution in [2.24, 2.45) is 0 Å². The fraction of sp³-hybridized carbons (Fsp3) is 0.304. The lowest BCUT2D eigenvalue weighted by Gasteiger charge is -2.29. The van der Waals surface area contributed by atoms with E-state index in [0.29, 0.717) is 18.0 Å². The van der Waals surface area contributed by atoms with E-state index < -0.39 is 0 Å². The van der Waals surface area contributed by atoms with Crippen molar-refractivity contribution in [2.75, 3.05) is 23.4 Å². The molecule has 1 aromatic heterocycles. The molecule has 29 heavy (non-hydrogen) atoms. The third kappa shape index (κ3) is 4.11. The van der Waals surface area contributed by atoms with Crippen LogP contribution < -0.4 is 15.0 Å². The van der Waals surface area contributed by atoms with Crippen LogP contribution in [0.2, 0.25) is 0 Å². The first-order valence-electron chi connectivity index (χ1n) is 10.1. The first kappa shape index (κ1) is 19.1. The molecule has 1 aliphatic heterocycles. The van der Waals surface area contributed by atoms with Crippen molar-refractivity contribution in [3.05, 3.63) is 54.2 Å². The van der Waals surface area contributed by atoms with Crippen LogP contribution in [-0.2, 0) is 16.0 Å². The highest BCUT2D eigenvalue weighted by molar-refractivity contribution is 6.00. The Morgan fingerprint density at radius 1 is 1.21 bits per heavy atom. The Morgan fingerprint density at radius 3 is 2.93 bits per heavy atom. The van der Waals surface area contributed by atoms with Gasteiger partial charge < -0.3 is 19.9 Å². The van der Waals surface area contributed by atoms with Crippen LogP contribution in [-0.4, -0.2) is 29.9 Å². The number of nitrogens with one attached hydrogen (secondary N) is 2. The molecular weight excluding hydrogens is 366 g/mol. The van der Waals surface area contributed by atoms with E-state index in [-0.39, 0.29) is 24.8 Å². The molecule has 4 rings (SSSR count). The molecule has 1 aliphatic rings. The summed E-state index contributed by atoms with van der Waals surface area (Å²) in [5.41, 5.74) is 3.35. The van der Waals surface area contributed by atoms with Gasteiger partial charge in [-0.3, -0.25) is 9.59 Å². The number of carbonyl (C=O) groups is 2. The number of hydrogen-bond acceptors (Lipinski definition) is 3. The Bertz CT molecular complexity index is 1040. The molecule has 0 aliphatic carbocycles. The van der Waals surface area contributed by atoms with Crippen molar-refractivity contribution in [2.45, 2.75) is 32.6 Å². The minimum absolute atomic E-state index is 0.0455. The first-order valence-corrected chi connectivity index (χ1v) is 10.1. The molecule has 0 bridgehead atoms. The first-order chi connectivity index (χ1) is 14.2. The predicted molar refractivity (Wildman–Crippen MR) is 114 cm³/mol. The minimum Gasteiger partial charge on any atom is -0.482 e. The van der Waals surface area contributed by atoms with Crippen LogP contribution in [0.5, 0.6) is 5.75 Å². The third-order valence-electron chi connectivity index (χ3n) is 5.20. The molecule has 2 heterocycles. The van der Waals surface area contributed by atoms with Crippen molar-refractivity contribution in [1.82, 2.24) is 4.98 Å². The molecular formula is C23H25N3O3. The SMILES string of the molecule is CCCCCN1C(=O)COc2ccc(NC(=O)Cc3c[nH]c4ccccc34)cc21. The zero-order valence-electron chi connectivity index (χ0n) is 16.5. The molecule has 0 saturated carbocycles. The van der Waals surface area contributed by atoms with Gasteiger partial charge in [-0.05, 0) is 36.2 Å². The summed E-state index contributed by atoms with van der Waals surface area (Å²) in [6.07, 6.45) is 5.25. The molecule has 3 aromatic rings. The van der Waals surface area contributed by atoms with E-state index in [2.05, 4.69) is 17.2 Å². The summed E-state index contributed by atoms with van der Waals surface area (Å²) in [4.78, 5) is 29.9. The van der Waals surface area contributed by atoms with Crippen molar-refractivity contribution in [3.8, 4) is 5.75 Å². The normalized spacial score (nSPS) is 13.3. The van der Waals surface area contributed by atoms with Gasteiger partial charge in [-0.1, -0.05) is 38.0 Å². The standard InChI is InChI=1S/C23H25N3O3/c1-2-3-6-11-26-20-13-17(9-10-21(20)29-15-23(26)28)25-22(27)12-16-14-24-19-8-5-4-7-18(16)19/h4-5,7-10,13-14,24H,2-3,6,11-12,15H2,1H3,(H,25,27). The molecule has 2 amide bonds. The lowest BCUT2D eigenvalue weighted by molar-refractivity contribution is -0.121. The maximum absolute atomic E-state index is 12.6. The number of ether oxygens (including phenoxy) is 1. The van der Waals surface area contributed by atoms with Crippen LogP contribution in [0.1, 0.15) is 31.7 Å². The van der Waals surface area contributed by atoms with Crippen LogP contribution in [0.4, 0.5) is 11.4 Å². The summed E-state index contributed by atoms with van der Waals surface area (Å²) in [6.45, 7) is 2.86. The topological polar surface area (TPSA) is 74.4 Å². The van der Waals surface area contributed by atoms with E-state index in [1.54, 1.807) is 4.90 Å². The van der Waals surface area contributed by atoms with E-state index in [4.69, 9.17) is 4.74 Å². The Labute approximate surface area is 169 Å². The Hall–Kier alpha value is -3.28. The molecule has 0 atom stereocenters. The second-order valence-corrected chi connectivity index (χ2v) is 7.31. The molecule has 6 nitrogen and oxygen atoms in total. The number of para-hydroxylation sites is 1. The Kier molecular flexibility index (Phi) is 5.51. The summed E-state index contributed by atoms with van der Waals surface area (Å²) < 4.78 is 5.56. The van der Waals surface area contributed by atoms with Crippen molar-refractivity contribution >= 4 is 34.1 Å². The number of nitrogens with zero attached hydrogens (tertiary/aromatic N) is 1. The van der Waals surface area contributed by atoms with Crippen LogP contribution in [0.3, 0.4) is 0 Å². The quantitative estimate of drug-likeness (QED) is 0.591. The van der Waals surface area contributed by atoms with Gasteiger partial charge in [-0.15, -0.1) is 0 Å². The summed E-state index contributed by atoms with van der Waals surface area (Å²) >= 11 is 0. The Morgan fingerprint density at radius 2 is 2.07 bits per heavy atom. The number of H-pyrrole nitrogens is 1. The number of amides is 2. The monoisotopic (exact) mass is 391 g/mol. The maximum Gasteiger partial charge on any atom is 0.265 e. The van der Waals surface area contributed by atoms with Gasteiger partial charge in [0.25, 0.3) is 5.91 Å². The number of benzene rings is 2. The minimum atomic E-state index is -0.102.